The first-order valence-corrected chi connectivity index (χ1v) is 5.81. The van der Waals surface area contributed by atoms with Crippen molar-refractivity contribution in [3.63, 3.8) is 0 Å². The van der Waals surface area contributed by atoms with E-state index < -0.39 is 5.82 Å². The first-order chi connectivity index (χ1) is 8.40. The summed E-state index contributed by atoms with van der Waals surface area (Å²) in [7, 11) is 0. The van der Waals surface area contributed by atoms with Crippen molar-refractivity contribution >= 4 is 28.8 Å². The Morgan fingerprint density at radius 2 is 2.22 bits per heavy atom. The summed E-state index contributed by atoms with van der Waals surface area (Å²) in [5, 5.41) is 2.57. The fourth-order valence-electron chi connectivity index (χ4n) is 1.23. The van der Waals surface area contributed by atoms with Crippen molar-refractivity contribution in [2.75, 3.05) is 11.9 Å². The van der Waals surface area contributed by atoms with Crippen molar-refractivity contribution in [1.82, 2.24) is 0 Å². The molecule has 1 rings (SSSR count). The SMILES string of the molecule is CC(C)OCC(=O)Nc1ccc(F)c(C(N)=S)c1. The number of nitrogens with two attached hydrogens (primary N) is 1. The second-order valence-corrected chi connectivity index (χ2v) is 4.41. The Morgan fingerprint density at radius 3 is 2.78 bits per heavy atom. The lowest BCUT2D eigenvalue weighted by molar-refractivity contribution is -0.121. The summed E-state index contributed by atoms with van der Waals surface area (Å²) in [6.07, 6.45) is -0.0313. The molecule has 3 N–H and O–H groups in total. The average molecular weight is 270 g/mol. The molecule has 4 nitrogen and oxygen atoms in total. The number of anilines is 1. The van der Waals surface area contributed by atoms with E-state index in [1.54, 1.807) is 0 Å². The molecule has 0 heterocycles. The van der Waals surface area contributed by atoms with E-state index in [1.165, 1.54) is 18.2 Å². The van der Waals surface area contributed by atoms with Gasteiger partial charge in [0.1, 0.15) is 17.4 Å². The number of thiocarbonyl (C=S) groups is 1. The number of carbonyl (C=O) groups is 1. The summed E-state index contributed by atoms with van der Waals surface area (Å²) in [5.41, 5.74) is 5.90. The molecule has 0 spiro atoms. The predicted molar refractivity (Wildman–Crippen MR) is 72.0 cm³/mol. The van der Waals surface area contributed by atoms with Crippen LogP contribution >= 0.6 is 12.2 Å². The van der Waals surface area contributed by atoms with Gasteiger partial charge >= 0.3 is 0 Å². The number of ether oxygens (including phenoxy) is 1. The van der Waals surface area contributed by atoms with Crippen LogP contribution in [0.25, 0.3) is 0 Å². The highest BCUT2D eigenvalue weighted by atomic mass is 32.1. The normalized spacial score (nSPS) is 10.4. The third-order valence-corrected chi connectivity index (χ3v) is 2.28. The fourth-order valence-corrected chi connectivity index (χ4v) is 1.39. The van der Waals surface area contributed by atoms with Crippen LogP contribution in [0.2, 0.25) is 0 Å². The molecule has 1 aromatic rings. The van der Waals surface area contributed by atoms with Gasteiger partial charge in [0, 0.05) is 11.3 Å². The van der Waals surface area contributed by atoms with Gasteiger partial charge in [-0.1, -0.05) is 12.2 Å². The quantitative estimate of drug-likeness (QED) is 0.801. The number of halogens is 1. The van der Waals surface area contributed by atoms with E-state index in [2.05, 4.69) is 5.32 Å². The molecule has 0 unspecified atom stereocenters. The smallest absolute Gasteiger partial charge is 0.250 e. The van der Waals surface area contributed by atoms with Crippen LogP contribution in [-0.2, 0) is 9.53 Å². The van der Waals surface area contributed by atoms with Gasteiger partial charge in [0.15, 0.2) is 0 Å². The number of nitrogens with one attached hydrogen (secondary N) is 1. The lowest BCUT2D eigenvalue weighted by atomic mass is 10.2. The molecule has 0 aliphatic rings. The average Bonchev–Trinajstić information content (AvgIpc) is 2.28. The number of hydrogen-bond acceptors (Lipinski definition) is 3. The number of carbonyl (C=O) groups excluding carboxylic acids is 1. The maximum absolute atomic E-state index is 13.3. The molecule has 0 fully saturated rings. The Hall–Kier alpha value is -1.53. The van der Waals surface area contributed by atoms with Gasteiger partial charge in [-0.3, -0.25) is 4.79 Å². The first-order valence-electron chi connectivity index (χ1n) is 5.41. The minimum absolute atomic E-state index is 0.0313. The predicted octanol–water partition coefficient (Wildman–Crippen LogP) is 1.82. The van der Waals surface area contributed by atoms with Crippen LogP contribution in [0, 0.1) is 5.82 Å². The van der Waals surface area contributed by atoms with Gasteiger partial charge in [0.2, 0.25) is 5.91 Å². The van der Waals surface area contributed by atoms with Crippen molar-refractivity contribution in [2.24, 2.45) is 5.73 Å². The lowest BCUT2D eigenvalue weighted by Crippen LogP contribution is -2.21. The summed E-state index contributed by atoms with van der Waals surface area (Å²) in [5.74, 6) is -0.830. The Kier molecular flexibility index (Phi) is 5.18. The van der Waals surface area contributed by atoms with Crippen molar-refractivity contribution < 1.29 is 13.9 Å². The highest BCUT2D eigenvalue weighted by molar-refractivity contribution is 7.80. The molecular weight excluding hydrogens is 255 g/mol. The molecule has 0 aliphatic carbocycles. The Bertz CT molecular complexity index is 463. The topological polar surface area (TPSA) is 64.3 Å². The van der Waals surface area contributed by atoms with Crippen LogP contribution in [0.5, 0.6) is 0 Å². The van der Waals surface area contributed by atoms with E-state index in [-0.39, 0.29) is 29.2 Å². The summed E-state index contributed by atoms with van der Waals surface area (Å²) in [6, 6.07) is 4.03. The standard InChI is InChI=1S/C12H15FN2O2S/c1-7(2)17-6-11(16)15-8-3-4-10(13)9(5-8)12(14)18/h3-5,7H,6H2,1-2H3,(H2,14,18)(H,15,16). The van der Waals surface area contributed by atoms with E-state index in [0.717, 1.165) is 0 Å². The van der Waals surface area contributed by atoms with Crippen LogP contribution < -0.4 is 11.1 Å². The number of benzene rings is 1. The molecule has 1 aromatic carbocycles. The van der Waals surface area contributed by atoms with Crippen molar-refractivity contribution in [2.45, 2.75) is 20.0 Å². The molecule has 0 atom stereocenters. The van der Waals surface area contributed by atoms with E-state index in [0.29, 0.717) is 5.69 Å². The van der Waals surface area contributed by atoms with E-state index in [1.807, 2.05) is 13.8 Å². The molecule has 0 aromatic heterocycles. The Balaban J connectivity index is 2.70. The summed E-state index contributed by atoms with van der Waals surface area (Å²) < 4.78 is 18.4. The highest BCUT2D eigenvalue weighted by Gasteiger charge is 2.09. The van der Waals surface area contributed by atoms with Crippen molar-refractivity contribution in [1.29, 1.82) is 0 Å². The molecule has 1 amide bonds. The monoisotopic (exact) mass is 270 g/mol. The molecule has 0 bridgehead atoms. The van der Waals surface area contributed by atoms with E-state index >= 15 is 0 Å². The molecule has 98 valence electrons. The van der Waals surface area contributed by atoms with Gasteiger partial charge in [0.25, 0.3) is 0 Å². The fraction of sp³-hybridized carbons (Fsp3) is 0.333. The minimum atomic E-state index is -0.515. The van der Waals surface area contributed by atoms with Gasteiger partial charge < -0.3 is 15.8 Å². The van der Waals surface area contributed by atoms with Crippen LogP contribution in [-0.4, -0.2) is 23.6 Å². The Labute approximate surface area is 110 Å². The van der Waals surface area contributed by atoms with Gasteiger partial charge in [-0.2, -0.15) is 0 Å². The third kappa shape index (κ3) is 4.38. The van der Waals surface area contributed by atoms with Gasteiger partial charge in [-0.25, -0.2) is 4.39 Å². The largest absolute Gasteiger partial charge is 0.389 e. The maximum atomic E-state index is 13.3. The van der Waals surface area contributed by atoms with Gasteiger partial charge in [-0.05, 0) is 32.0 Å². The second kappa shape index (κ2) is 6.42. The van der Waals surface area contributed by atoms with Crippen LogP contribution in [0.15, 0.2) is 18.2 Å². The summed E-state index contributed by atoms with van der Waals surface area (Å²) in [6.45, 7) is 3.60. The van der Waals surface area contributed by atoms with Crippen molar-refractivity contribution in [3.05, 3.63) is 29.6 Å². The third-order valence-electron chi connectivity index (χ3n) is 2.06. The number of hydrogen-bond donors (Lipinski definition) is 2. The first kappa shape index (κ1) is 14.5. The van der Waals surface area contributed by atoms with E-state index in [9.17, 15) is 9.18 Å². The highest BCUT2D eigenvalue weighted by Crippen LogP contribution is 2.14. The molecular formula is C12H15FN2O2S. The van der Waals surface area contributed by atoms with Crippen LogP contribution in [0.1, 0.15) is 19.4 Å². The lowest BCUT2D eigenvalue weighted by Gasteiger charge is -2.09. The second-order valence-electron chi connectivity index (χ2n) is 3.97. The maximum Gasteiger partial charge on any atom is 0.250 e. The summed E-state index contributed by atoms with van der Waals surface area (Å²) >= 11 is 4.71. The number of rotatable bonds is 5. The minimum Gasteiger partial charge on any atom is -0.389 e. The molecule has 0 saturated heterocycles. The zero-order chi connectivity index (χ0) is 13.7. The zero-order valence-electron chi connectivity index (χ0n) is 10.2. The van der Waals surface area contributed by atoms with Gasteiger partial charge in [0.05, 0.1) is 6.10 Å². The van der Waals surface area contributed by atoms with Crippen molar-refractivity contribution in [3.8, 4) is 0 Å². The molecule has 0 saturated carbocycles. The van der Waals surface area contributed by atoms with Gasteiger partial charge in [-0.15, -0.1) is 0 Å². The molecule has 18 heavy (non-hydrogen) atoms. The zero-order valence-corrected chi connectivity index (χ0v) is 11.0. The molecule has 6 heteroatoms. The Morgan fingerprint density at radius 1 is 1.56 bits per heavy atom. The van der Waals surface area contributed by atoms with E-state index in [4.69, 9.17) is 22.7 Å². The number of amides is 1. The molecule has 0 aliphatic heterocycles. The van der Waals surface area contributed by atoms with Crippen LogP contribution in [0.4, 0.5) is 10.1 Å². The molecule has 0 radical (unpaired) electrons. The summed E-state index contributed by atoms with van der Waals surface area (Å²) in [4.78, 5) is 11.4. The van der Waals surface area contributed by atoms with Crippen LogP contribution in [0.3, 0.4) is 0 Å².